The number of hydrogen-bond acceptors (Lipinski definition) is 8. The number of rotatable bonds is 11. The van der Waals surface area contributed by atoms with Crippen molar-refractivity contribution in [3.05, 3.63) is 69.1 Å². The summed E-state index contributed by atoms with van der Waals surface area (Å²) in [6.07, 6.45) is 0.261. The highest BCUT2D eigenvalue weighted by atomic mass is 35.5. The zero-order valence-electron chi connectivity index (χ0n) is 20.3. The Kier molecular flexibility index (Phi) is 12.8. The van der Waals surface area contributed by atoms with E-state index in [9.17, 15) is 13.2 Å². The van der Waals surface area contributed by atoms with Crippen LogP contribution in [-0.2, 0) is 27.2 Å². The van der Waals surface area contributed by atoms with Crippen LogP contribution in [0.2, 0.25) is 10.0 Å². The van der Waals surface area contributed by atoms with Crippen LogP contribution in [0.25, 0.3) is 0 Å². The summed E-state index contributed by atoms with van der Waals surface area (Å²) in [5.74, 6) is 0.295. The predicted molar refractivity (Wildman–Crippen MR) is 161 cm³/mol. The zero-order valence-corrected chi connectivity index (χ0v) is 24.2. The third-order valence-corrected chi connectivity index (χ3v) is 7.24. The first-order chi connectivity index (χ1) is 18.3. The number of benzene rings is 2. The molecule has 0 fully saturated rings. The van der Waals surface area contributed by atoms with E-state index in [-0.39, 0.29) is 18.2 Å². The van der Waals surface area contributed by atoms with Gasteiger partial charge in [-0.2, -0.15) is 25.2 Å². The van der Waals surface area contributed by atoms with E-state index in [0.717, 1.165) is 5.69 Å². The molecule has 0 radical (unpaired) electrons. The van der Waals surface area contributed by atoms with Crippen LogP contribution in [0.5, 0.6) is 0 Å². The maximum atomic E-state index is 10.8. The van der Waals surface area contributed by atoms with Gasteiger partial charge in [0.1, 0.15) is 5.84 Å². The minimum absolute atomic E-state index is 0.0144. The molecule has 0 unspecified atom stereocenters. The predicted octanol–water partition coefficient (Wildman–Crippen LogP) is 3.60. The molecule has 0 bridgehead atoms. The molecule has 10 N–H and O–H groups in total. The van der Waals surface area contributed by atoms with Crippen molar-refractivity contribution >= 4 is 90.8 Å². The van der Waals surface area contributed by atoms with Crippen LogP contribution in [0.15, 0.2) is 57.2 Å². The van der Waals surface area contributed by atoms with Crippen molar-refractivity contribution < 1.29 is 18.3 Å². The average Bonchev–Trinajstić information content (AvgIpc) is 3.26. The molecule has 0 aliphatic rings. The van der Waals surface area contributed by atoms with Gasteiger partial charge in [-0.3, -0.25) is 4.79 Å². The molecule has 210 valence electrons. The molecule has 0 aliphatic heterocycles. The second-order valence-corrected chi connectivity index (χ2v) is 11.5. The first-order valence-corrected chi connectivity index (χ1v) is 15.1. The summed E-state index contributed by atoms with van der Waals surface area (Å²) in [4.78, 5) is 18.9. The average molecular weight is 634 g/mol. The van der Waals surface area contributed by atoms with Gasteiger partial charge in [-0.05, 0) is 23.8 Å². The Balaban J connectivity index is 0.000000274. The van der Waals surface area contributed by atoms with Crippen molar-refractivity contribution in [3.8, 4) is 0 Å². The number of anilines is 2. The molecule has 1 aromatic heterocycles. The number of amidine groups is 1. The number of aliphatic imine (C=N–C) groups is 1. The molecule has 0 saturated heterocycles. The van der Waals surface area contributed by atoms with Gasteiger partial charge >= 0.3 is 16.2 Å². The van der Waals surface area contributed by atoms with E-state index in [0.29, 0.717) is 50.0 Å². The number of carboxylic acid groups (broad SMARTS) is 1. The summed E-state index contributed by atoms with van der Waals surface area (Å²) >= 11 is 15.0. The van der Waals surface area contributed by atoms with Gasteiger partial charge in [-0.15, -0.1) is 15.7 Å². The number of nitrogens with one attached hydrogen (secondary N) is 1. The molecular formula is C22H26Cl2N8O4S3. The van der Waals surface area contributed by atoms with Gasteiger partial charge in [0, 0.05) is 29.0 Å². The lowest BCUT2D eigenvalue weighted by Crippen LogP contribution is -2.21. The molecule has 12 nitrogen and oxygen atoms in total. The van der Waals surface area contributed by atoms with Crippen LogP contribution in [-0.4, -0.2) is 42.0 Å². The Morgan fingerprint density at radius 3 is 2.38 bits per heavy atom. The van der Waals surface area contributed by atoms with Crippen LogP contribution in [0.1, 0.15) is 17.7 Å². The molecule has 2 aromatic carbocycles. The smallest absolute Gasteiger partial charge is 0.318 e. The number of aromatic nitrogens is 1. The maximum Gasteiger partial charge on any atom is 0.318 e. The molecule has 0 atom stereocenters. The second-order valence-electron chi connectivity index (χ2n) is 7.51. The van der Waals surface area contributed by atoms with Gasteiger partial charge < -0.3 is 27.6 Å². The summed E-state index contributed by atoms with van der Waals surface area (Å²) in [6.45, 7) is 0. The molecule has 39 heavy (non-hydrogen) atoms. The van der Waals surface area contributed by atoms with Crippen LogP contribution >= 0.6 is 46.3 Å². The summed E-state index contributed by atoms with van der Waals surface area (Å²) in [6, 6.07) is 12.3. The maximum absolute atomic E-state index is 10.8. The first kappa shape index (κ1) is 32.1. The van der Waals surface area contributed by atoms with Gasteiger partial charge in [0.2, 0.25) is 5.13 Å². The van der Waals surface area contributed by atoms with Crippen molar-refractivity contribution in [2.24, 2.45) is 31.7 Å². The van der Waals surface area contributed by atoms with Crippen molar-refractivity contribution in [2.75, 3.05) is 11.1 Å². The number of guanidine groups is 1. The second kappa shape index (κ2) is 15.5. The van der Waals surface area contributed by atoms with Crippen molar-refractivity contribution in [1.29, 1.82) is 0 Å². The highest BCUT2D eigenvalue weighted by molar-refractivity contribution is 7.98. The van der Waals surface area contributed by atoms with Crippen LogP contribution < -0.4 is 27.7 Å². The lowest BCUT2D eigenvalue weighted by Gasteiger charge is -2.13. The molecule has 0 saturated carbocycles. The monoisotopic (exact) mass is 632 g/mol. The SMILES string of the molecule is NC(N)=Nc1nc(CSCC/C(N)=N/S(N)(=O)=O)cs1.O=C(O)Cc1ccccc1Nc1c(Cl)cccc1Cl. The third-order valence-electron chi connectivity index (χ3n) is 4.34. The zero-order chi connectivity index (χ0) is 29.0. The van der Waals surface area contributed by atoms with Crippen LogP contribution in [0.3, 0.4) is 0 Å². The minimum Gasteiger partial charge on any atom is -0.481 e. The molecule has 0 amide bonds. The number of thioether (sulfide) groups is 1. The number of halogens is 2. The van der Waals surface area contributed by atoms with E-state index in [4.69, 9.17) is 50.6 Å². The first-order valence-electron chi connectivity index (χ1n) is 10.8. The fourth-order valence-electron chi connectivity index (χ4n) is 2.80. The van der Waals surface area contributed by atoms with E-state index >= 15 is 0 Å². The fraction of sp³-hybridized carbons (Fsp3) is 0.182. The number of carbonyl (C=O) groups is 1. The largest absolute Gasteiger partial charge is 0.481 e. The molecule has 3 aromatic rings. The van der Waals surface area contributed by atoms with E-state index < -0.39 is 16.2 Å². The number of aliphatic carboxylic acids is 1. The van der Waals surface area contributed by atoms with Crippen molar-refractivity contribution in [3.63, 3.8) is 0 Å². The number of nitrogens with zero attached hydrogens (tertiary/aromatic N) is 3. The van der Waals surface area contributed by atoms with Crippen LogP contribution in [0.4, 0.5) is 16.5 Å². The Bertz CT molecular complexity index is 1420. The number of nitrogens with two attached hydrogens (primary N) is 4. The molecule has 1 heterocycles. The summed E-state index contributed by atoms with van der Waals surface area (Å²) in [5.41, 5.74) is 18.7. The number of para-hydroxylation sites is 2. The lowest BCUT2D eigenvalue weighted by molar-refractivity contribution is -0.136. The molecular weight excluding hydrogens is 607 g/mol. The van der Waals surface area contributed by atoms with Gasteiger partial charge in [0.05, 0.1) is 27.8 Å². The molecule has 0 aliphatic carbocycles. The summed E-state index contributed by atoms with van der Waals surface area (Å²) < 4.78 is 24.5. The molecule has 17 heteroatoms. The Hall–Kier alpha value is -3.08. The highest BCUT2D eigenvalue weighted by Gasteiger charge is 2.10. The fourth-order valence-corrected chi connectivity index (χ4v) is 5.37. The van der Waals surface area contributed by atoms with Crippen molar-refractivity contribution in [1.82, 2.24) is 4.98 Å². The van der Waals surface area contributed by atoms with E-state index in [2.05, 4.69) is 19.7 Å². The Morgan fingerprint density at radius 1 is 1.10 bits per heavy atom. The highest BCUT2D eigenvalue weighted by Crippen LogP contribution is 2.33. The Labute approximate surface area is 243 Å². The van der Waals surface area contributed by atoms with Gasteiger partial charge in [-0.25, -0.2) is 10.1 Å². The quantitative estimate of drug-likeness (QED) is 0.102. The number of thiazole rings is 1. The Morgan fingerprint density at radius 2 is 1.77 bits per heavy atom. The molecule has 3 rings (SSSR count). The molecule has 0 spiro atoms. The van der Waals surface area contributed by atoms with Gasteiger partial charge in [0.15, 0.2) is 5.96 Å². The van der Waals surface area contributed by atoms with Crippen LogP contribution in [0, 0.1) is 0 Å². The van der Waals surface area contributed by atoms with E-state index in [1.165, 1.54) is 23.1 Å². The van der Waals surface area contributed by atoms with Crippen molar-refractivity contribution in [2.45, 2.75) is 18.6 Å². The van der Waals surface area contributed by atoms with E-state index in [1.807, 2.05) is 11.4 Å². The normalized spacial score (nSPS) is 11.3. The topological polar surface area (TPSA) is 225 Å². The van der Waals surface area contributed by atoms with E-state index in [1.54, 1.807) is 36.4 Å². The van der Waals surface area contributed by atoms with Gasteiger partial charge in [-0.1, -0.05) is 47.5 Å². The number of hydrogen-bond donors (Lipinski definition) is 6. The number of carboxylic acids is 1. The van der Waals surface area contributed by atoms with Gasteiger partial charge in [0.25, 0.3) is 0 Å². The lowest BCUT2D eigenvalue weighted by atomic mass is 10.1. The third kappa shape index (κ3) is 12.5. The minimum atomic E-state index is -3.92. The standard InChI is InChI=1S/C14H11Cl2NO2.C8H15N7O2S3/c15-10-5-3-6-11(16)14(10)17-12-7-2-1-4-9(12)8-13(18)19;9-6(15-20(12,16)17)1-2-18-3-5-4-19-8(13-5)14-7(10)11/h1-7,17H,8H2,(H,18,19);4H,1-3H2,(H2,9,15)(H2,12,16,17)(H4,10,11,13,14). The summed E-state index contributed by atoms with van der Waals surface area (Å²) in [7, 11) is -3.92. The summed E-state index contributed by atoms with van der Waals surface area (Å²) in [5, 5.41) is 20.0.